The van der Waals surface area contributed by atoms with Gasteiger partial charge in [-0.3, -0.25) is 4.79 Å². The van der Waals surface area contributed by atoms with E-state index < -0.39 is 18.0 Å². The van der Waals surface area contributed by atoms with Crippen LogP contribution in [0.4, 0.5) is 4.79 Å². The van der Waals surface area contributed by atoms with Gasteiger partial charge >= 0.3 is 12.0 Å². The van der Waals surface area contributed by atoms with E-state index in [0.717, 1.165) is 11.1 Å². The number of benzene rings is 1. The molecule has 2 amide bonds. The molecule has 6 heteroatoms. The summed E-state index contributed by atoms with van der Waals surface area (Å²) in [5.74, 6) is -1.31. The predicted octanol–water partition coefficient (Wildman–Crippen LogP) is 1.75. The number of carbonyl (C=O) groups is 2. The van der Waals surface area contributed by atoms with Crippen LogP contribution in [0.1, 0.15) is 37.0 Å². The van der Waals surface area contributed by atoms with Crippen LogP contribution >= 0.6 is 0 Å². The molecule has 1 aromatic carbocycles. The number of piperidine rings is 1. The van der Waals surface area contributed by atoms with Crippen LogP contribution in [0, 0.1) is 5.92 Å². The third-order valence-electron chi connectivity index (χ3n) is 3.96. The van der Waals surface area contributed by atoms with E-state index in [2.05, 4.69) is 5.32 Å². The summed E-state index contributed by atoms with van der Waals surface area (Å²) in [5.41, 5.74) is 1.76. The summed E-state index contributed by atoms with van der Waals surface area (Å²) in [7, 11) is 0. The van der Waals surface area contributed by atoms with Gasteiger partial charge in [0.2, 0.25) is 0 Å². The van der Waals surface area contributed by atoms with E-state index in [1.807, 2.05) is 24.3 Å². The van der Waals surface area contributed by atoms with Crippen LogP contribution in [0.15, 0.2) is 24.3 Å². The number of aliphatic carboxylic acids is 1. The second-order valence-corrected chi connectivity index (χ2v) is 5.70. The van der Waals surface area contributed by atoms with Gasteiger partial charge in [-0.2, -0.15) is 0 Å². The SMILES string of the molecule is CC(O)c1ccc(CNC(=O)N2CCCC(C(=O)O)C2)cc1. The Bertz CT molecular complexity index is 527. The number of urea groups is 1. The average Bonchev–Trinajstić information content (AvgIpc) is 2.53. The molecular formula is C16H22N2O4. The molecule has 0 bridgehead atoms. The van der Waals surface area contributed by atoms with Gasteiger partial charge in [-0.25, -0.2) is 4.79 Å². The van der Waals surface area contributed by atoms with Crippen LogP contribution < -0.4 is 5.32 Å². The number of aliphatic hydroxyl groups is 1. The Morgan fingerprint density at radius 1 is 1.36 bits per heavy atom. The minimum Gasteiger partial charge on any atom is -0.481 e. The smallest absolute Gasteiger partial charge is 0.317 e. The van der Waals surface area contributed by atoms with E-state index in [1.54, 1.807) is 11.8 Å². The number of hydrogen-bond donors (Lipinski definition) is 3. The summed E-state index contributed by atoms with van der Waals surface area (Å²) in [6, 6.07) is 7.14. The van der Waals surface area contributed by atoms with E-state index in [-0.39, 0.29) is 12.6 Å². The lowest BCUT2D eigenvalue weighted by Crippen LogP contribution is -2.46. The van der Waals surface area contributed by atoms with Gasteiger partial charge < -0.3 is 20.4 Å². The molecule has 2 rings (SSSR count). The standard InChI is InChI=1S/C16H22N2O4/c1-11(19)13-6-4-12(5-7-13)9-17-16(22)18-8-2-3-14(10-18)15(20)21/h4-7,11,14,19H,2-3,8-10H2,1H3,(H,17,22)(H,20,21). The Hall–Kier alpha value is -2.08. The number of hydrogen-bond acceptors (Lipinski definition) is 3. The summed E-state index contributed by atoms with van der Waals surface area (Å²) in [6.07, 6.45) is 0.831. The molecule has 120 valence electrons. The first-order chi connectivity index (χ1) is 10.5. The molecule has 1 aliphatic heterocycles. The number of amides is 2. The number of rotatable bonds is 4. The molecule has 0 aliphatic carbocycles. The van der Waals surface area contributed by atoms with Crippen molar-refractivity contribution >= 4 is 12.0 Å². The molecule has 0 aromatic heterocycles. The fraction of sp³-hybridized carbons (Fsp3) is 0.500. The number of carboxylic acid groups (broad SMARTS) is 1. The lowest BCUT2D eigenvalue weighted by Gasteiger charge is -2.30. The molecule has 1 saturated heterocycles. The molecule has 0 spiro atoms. The molecule has 1 aliphatic rings. The topological polar surface area (TPSA) is 89.9 Å². The highest BCUT2D eigenvalue weighted by Crippen LogP contribution is 2.17. The van der Waals surface area contributed by atoms with Gasteiger partial charge in [-0.15, -0.1) is 0 Å². The van der Waals surface area contributed by atoms with Crippen LogP contribution in [0.3, 0.4) is 0 Å². The van der Waals surface area contributed by atoms with Crippen molar-refractivity contribution in [3.8, 4) is 0 Å². The molecule has 0 radical (unpaired) electrons. The maximum Gasteiger partial charge on any atom is 0.317 e. The molecule has 22 heavy (non-hydrogen) atoms. The number of nitrogens with zero attached hydrogens (tertiary/aromatic N) is 1. The second kappa shape index (κ2) is 7.26. The van der Waals surface area contributed by atoms with Crippen molar-refractivity contribution < 1.29 is 19.8 Å². The Kier molecular flexibility index (Phi) is 5.38. The van der Waals surface area contributed by atoms with Gasteiger partial charge in [0.15, 0.2) is 0 Å². The first-order valence-corrected chi connectivity index (χ1v) is 7.50. The normalized spacial score (nSPS) is 19.5. The molecule has 6 nitrogen and oxygen atoms in total. The van der Waals surface area contributed by atoms with Crippen molar-refractivity contribution in [3.05, 3.63) is 35.4 Å². The summed E-state index contributed by atoms with van der Waals surface area (Å²) in [4.78, 5) is 24.7. The highest BCUT2D eigenvalue weighted by Gasteiger charge is 2.27. The van der Waals surface area contributed by atoms with E-state index in [0.29, 0.717) is 25.9 Å². The van der Waals surface area contributed by atoms with Crippen molar-refractivity contribution in [1.29, 1.82) is 0 Å². The fourth-order valence-corrected chi connectivity index (χ4v) is 2.57. The van der Waals surface area contributed by atoms with E-state index in [1.165, 1.54) is 0 Å². The van der Waals surface area contributed by atoms with Gasteiger partial charge in [0.1, 0.15) is 0 Å². The maximum absolute atomic E-state index is 12.1. The zero-order chi connectivity index (χ0) is 16.1. The van der Waals surface area contributed by atoms with E-state index in [4.69, 9.17) is 5.11 Å². The molecule has 2 atom stereocenters. The van der Waals surface area contributed by atoms with Crippen LogP contribution in [-0.4, -0.2) is 40.2 Å². The van der Waals surface area contributed by atoms with Gasteiger partial charge in [0.25, 0.3) is 0 Å². The van der Waals surface area contributed by atoms with Crippen molar-refractivity contribution in [3.63, 3.8) is 0 Å². The first kappa shape index (κ1) is 16.3. The maximum atomic E-state index is 12.1. The molecular weight excluding hydrogens is 284 g/mol. The molecule has 0 saturated carbocycles. The summed E-state index contributed by atoms with van der Waals surface area (Å²) < 4.78 is 0. The van der Waals surface area contributed by atoms with Crippen LogP contribution in [0.2, 0.25) is 0 Å². The molecule has 2 unspecified atom stereocenters. The minimum absolute atomic E-state index is 0.231. The van der Waals surface area contributed by atoms with Crippen molar-refractivity contribution in [1.82, 2.24) is 10.2 Å². The average molecular weight is 306 g/mol. The van der Waals surface area contributed by atoms with Crippen molar-refractivity contribution in [2.75, 3.05) is 13.1 Å². The molecule has 1 aromatic rings. The van der Waals surface area contributed by atoms with Gasteiger partial charge in [-0.1, -0.05) is 24.3 Å². The van der Waals surface area contributed by atoms with Crippen LogP contribution in [-0.2, 0) is 11.3 Å². The monoisotopic (exact) mass is 306 g/mol. The van der Waals surface area contributed by atoms with Gasteiger partial charge in [0.05, 0.1) is 12.0 Å². The third kappa shape index (κ3) is 4.21. The zero-order valence-electron chi connectivity index (χ0n) is 12.7. The van der Waals surface area contributed by atoms with Crippen LogP contribution in [0.5, 0.6) is 0 Å². The second-order valence-electron chi connectivity index (χ2n) is 5.70. The van der Waals surface area contributed by atoms with Gasteiger partial charge in [-0.05, 0) is 30.9 Å². The lowest BCUT2D eigenvalue weighted by atomic mass is 9.99. The fourth-order valence-electron chi connectivity index (χ4n) is 2.57. The highest BCUT2D eigenvalue weighted by molar-refractivity contribution is 5.76. The van der Waals surface area contributed by atoms with Crippen molar-refractivity contribution in [2.45, 2.75) is 32.4 Å². The van der Waals surface area contributed by atoms with E-state index >= 15 is 0 Å². The Labute approximate surface area is 129 Å². The largest absolute Gasteiger partial charge is 0.481 e. The van der Waals surface area contributed by atoms with E-state index in [9.17, 15) is 14.7 Å². The number of carboxylic acids is 1. The first-order valence-electron chi connectivity index (χ1n) is 7.50. The summed E-state index contributed by atoms with van der Waals surface area (Å²) >= 11 is 0. The summed E-state index contributed by atoms with van der Waals surface area (Å²) in [6.45, 7) is 2.94. The Balaban J connectivity index is 1.85. The third-order valence-corrected chi connectivity index (χ3v) is 3.96. The lowest BCUT2D eigenvalue weighted by molar-refractivity contribution is -0.143. The van der Waals surface area contributed by atoms with Crippen molar-refractivity contribution in [2.24, 2.45) is 5.92 Å². The number of carbonyl (C=O) groups excluding carboxylic acids is 1. The Morgan fingerprint density at radius 3 is 2.64 bits per heavy atom. The summed E-state index contributed by atoms with van der Waals surface area (Å²) in [5, 5.41) is 21.3. The number of nitrogens with one attached hydrogen (secondary N) is 1. The highest BCUT2D eigenvalue weighted by atomic mass is 16.4. The number of aliphatic hydroxyl groups excluding tert-OH is 1. The number of likely N-dealkylation sites (tertiary alicyclic amines) is 1. The van der Waals surface area contributed by atoms with Gasteiger partial charge in [0, 0.05) is 19.6 Å². The predicted molar refractivity (Wildman–Crippen MR) is 81.2 cm³/mol. The quantitative estimate of drug-likeness (QED) is 0.790. The molecule has 3 N–H and O–H groups in total. The molecule has 1 heterocycles. The minimum atomic E-state index is -0.841. The molecule has 1 fully saturated rings. The van der Waals surface area contributed by atoms with Crippen LogP contribution in [0.25, 0.3) is 0 Å². The zero-order valence-corrected chi connectivity index (χ0v) is 12.7. The Morgan fingerprint density at radius 2 is 2.05 bits per heavy atom.